The molecule has 2 unspecified atom stereocenters. The van der Waals surface area contributed by atoms with Crippen LogP contribution in [0.15, 0.2) is 47.7 Å². The standard InChI is InChI=1S/C18H27NO2/c1-5-14(2)19-18(15(3)21-4)17(11-12-20)13-16-9-7-6-8-10-16/h6-10,17-18,20H,3,5,11-13H2,1-2,4H3/b19-14+. The van der Waals surface area contributed by atoms with Gasteiger partial charge in [-0.3, -0.25) is 4.99 Å². The van der Waals surface area contributed by atoms with E-state index in [-0.39, 0.29) is 18.6 Å². The summed E-state index contributed by atoms with van der Waals surface area (Å²) in [6, 6.07) is 10.2. The molecule has 0 radical (unpaired) electrons. The van der Waals surface area contributed by atoms with Gasteiger partial charge in [-0.05, 0) is 37.7 Å². The van der Waals surface area contributed by atoms with E-state index >= 15 is 0 Å². The second kappa shape index (κ2) is 9.35. The quantitative estimate of drug-likeness (QED) is 0.557. The summed E-state index contributed by atoms with van der Waals surface area (Å²) in [5, 5.41) is 9.39. The lowest BCUT2D eigenvalue weighted by Gasteiger charge is -2.25. The minimum absolute atomic E-state index is 0.109. The smallest absolute Gasteiger partial charge is 0.113 e. The fourth-order valence-corrected chi connectivity index (χ4v) is 2.34. The zero-order chi connectivity index (χ0) is 15.7. The van der Waals surface area contributed by atoms with Crippen LogP contribution >= 0.6 is 0 Å². The zero-order valence-corrected chi connectivity index (χ0v) is 13.4. The molecule has 1 aromatic rings. The maximum Gasteiger partial charge on any atom is 0.113 e. The molecule has 0 aliphatic rings. The van der Waals surface area contributed by atoms with Gasteiger partial charge in [0.1, 0.15) is 11.8 Å². The van der Waals surface area contributed by atoms with Crippen LogP contribution in [0.4, 0.5) is 0 Å². The van der Waals surface area contributed by atoms with Crippen molar-refractivity contribution >= 4 is 5.71 Å². The van der Waals surface area contributed by atoms with Gasteiger partial charge >= 0.3 is 0 Å². The predicted octanol–water partition coefficient (Wildman–Crippen LogP) is 3.63. The van der Waals surface area contributed by atoms with Gasteiger partial charge < -0.3 is 9.84 Å². The Bertz CT molecular complexity index is 454. The van der Waals surface area contributed by atoms with Crippen LogP contribution in [0.5, 0.6) is 0 Å². The van der Waals surface area contributed by atoms with Crippen molar-refractivity contribution in [3.05, 3.63) is 48.2 Å². The van der Waals surface area contributed by atoms with Gasteiger partial charge in [-0.25, -0.2) is 0 Å². The number of benzene rings is 1. The van der Waals surface area contributed by atoms with Crippen LogP contribution in [-0.4, -0.2) is 30.6 Å². The van der Waals surface area contributed by atoms with Crippen molar-refractivity contribution in [2.24, 2.45) is 10.9 Å². The second-order valence-electron chi connectivity index (χ2n) is 5.30. The van der Waals surface area contributed by atoms with Crippen LogP contribution < -0.4 is 0 Å². The van der Waals surface area contributed by atoms with Gasteiger partial charge in [-0.15, -0.1) is 0 Å². The molecule has 0 fully saturated rings. The lowest BCUT2D eigenvalue weighted by Crippen LogP contribution is -2.26. The van der Waals surface area contributed by atoms with Gasteiger partial charge in [-0.1, -0.05) is 43.8 Å². The van der Waals surface area contributed by atoms with E-state index in [0.717, 1.165) is 18.6 Å². The van der Waals surface area contributed by atoms with Crippen LogP contribution in [0.3, 0.4) is 0 Å². The van der Waals surface area contributed by atoms with Crippen molar-refractivity contribution in [1.82, 2.24) is 0 Å². The highest BCUT2D eigenvalue weighted by Gasteiger charge is 2.24. The Balaban J connectivity index is 2.98. The molecule has 1 aromatic carbocycles. The minimum atomic E-state index is -0.109. The zero-order valence-electron chi connectivity index (χ0n) is 13.4. The average molecular weight is 289 g/mol. The molecule has 3 nitrogen and oxygen atoms in total. The molecule has 0 aromatic heterocycles. The highest BCUT2D eigenvalue weighted by Crippen LogP contribution is 2.24. The van der Waals surface area contributed by atoms with E-state index in [2.05, 4.69) is 25.6 Å². The Morgan fingerprint density at radius 1 is 1.33 bits per heavy atom. The number of ether oxygens (including phenoxy) is 1. The summed E-state index contributed by atoms with van der Waals surface area (Å²) < 4.78 is 5.34. The largest absolute Gasteiger partial charge is 0.499 e. The molecule has 2 atom stereocenters. The molecule has 116 valence electrons. The Morgan fingerprint density at radius 3 is 2.52 bits per heavy atom. The third-order valence-corrected chi connectivity index (χ3v) is 3.75. The fourth-order valence-electron chi connectivity index (χ4n) is 2.34. The lowest BCUT2D eigenvalue weighted by atomic mass is 9.88. The van der Waals surface area contributed by atoms with Gasteiger partial charge in [0, 0.05) is 12.3 Å². The number of aliphatic hydroxyl groups excluding tert-OH is 1. The monoisotopic (exact) mass is 289 g/mol. The molecular formula is C18H27NO2. The van der Waals surface area contributed by atoms with E-state index in [9.17, 15) is 5.11 Å². The van der Waals surface area contributed by atoms with Crippen LogP contribution in [0.1, 0.15) is 32.3 Å². The Kier molecular flexibility index (Phi) is 7.76. The summed E-state index contributed by atoms with van der Waals surface area (Å²) in [6.07, 6.45) is 2.45. The molecule has 0 spiro atoms. The summed E-state index contributed by atoms with van der Waals surface area (Å²) >= 11 is 0. The summed E-state index contributed by atoms with van der Waals surface area (Å²) in [7, 11) is 1.63. The van der Waals surface area contributed by atoms with Crippen molar-refractivity contribution < 1.29 is 9.84 Å². The lowest BCUT2D eigenvalue weighted by molar-refractivity contribution is 0.208. The molecule has 0 amide bonds. The Hall–Kier alpha value is -1.61. The van der Waals surface area contributed by atoms with Gasteiger partial charge in [-0.2, -0.15) is 0 Å². The average Bonchev–Trinajstić information content (AvgIpc) is 2.52. The van der Waals surface area contributed by atoms with Crippen molar-refractivity contribution in [3.8, 4) is 0 Å². The Morgan fingerprint density at radius 2 is 2.00 bits per heavy atom. The summed E-state index contributed by atoms with van der Waals surface area (Å²) in [4.78, 5) is 4.76. The van der Waals surface area contributed by atoms with E-state index in [1.165, 1.54) is 5.56 Å². The number of hydrogen-bond acceptors (Lipinski definition) is 3. The van der Waals surface area contributed by atoms with Crippen LogP contribution in [0.25, 0.3) is 0 Å². The molecule has 0 aliphatic carbocycles. The van der Waals surface area contributed by atoms with Gasteiger partial charge in [0.25, 0.3) is 0 Å². The predicted molar refractivity (Wildman–Crippen MR) is 88.7 cm³/mol. The summed E-state index contributed by atoms with van der Waals surface area (Å²) in [5.74, 6) is 0.850. The fraction of sp³-hybridized carbons (Fsp3) is 0.500. The van der Waals surface area contributed by atoms with Crippen LogP contribution in [-0.2, 0) is 11.2 Å². The van der Waals surface area contributed by atoms with E-state index in [1.54, 1.807) is 7.11 Å². The van der Waals surface area contributed by atoms with E-state index in [0.29, 0.717) is 12.2 Å². The summed E-state index contributed by atoms with van der Waals surface area (Å²) in [5.41, 5.74) is 2.32. The first-order valence-corrected chi connectivity index (χ1v) is 7.53. The molecule has 0 saturated heterocycles. The Labute approximate surface area is 128 Å². The number of nitrogens with zero attached hydrogens (tertiary/aromatic N) is 1. The molecule has 0 heterocycles. The molecule has 0 bridgehead atoms. The molecule has 1 rings (SSSR count). The third-order valence-electron chi connectivity index (χ3n) is 3.75. The highest BCUT2D eigenvalue weighted by molar-refractivity contribution is 5.81. The SMILES string of the molecule is C=C(OC)C(/N=C(\C)CC)C(CCO)Cc1ccccc1. The number of aliphatic hydroxyl groups is 1. The number of methoxy groups -OCH3 is 1. The first-order valence-electron chi connectivity index (χ1n) is 7.53. The number of hydrogen-bond donors (Lipinski definition) is 1. The molecule has 0 saturated carbocycles. The van der Waals surface area contributed by atoms with Crippen molar-refractivity contribution in [2.75, 3.05) is 13.7 Å². The topological polar surface area (TPSA) is 41.8 Å². The van der Waals surface area contributed by atoms with Crippen molar-refractivity contribution in [1.29, 1.82) is 0 Å². The maximum atomic E-state index is 9.39. The molecule has 21 heavy (non-hydrogen) atoms. The van der Waals surface area contributed by atoms with E-state index < -0.39 is 0 Å². The first-order chi connectivity index (χ1) is 10.1. The number of rotatable bonds is 9. The first kappa shape index (κ1) is 17.4. The van der Waals surface area contributed by atoms with Gasteiger partial charge in [0.2, 0.25) is 0 Å². The third kappa shape index (κ3) is 5.72. The molecular weight excluding hydrogens is 262 g/mol. The molecule has 1 N–H and O–H groups in total. The molecule has 3 heteroatoms. The summed E-state index contributed by atoms with van der Waals surface area (Å²) in [6.45, 7) is 8.25. The highest BCUT2D eigenvalue weighted by atomic mass is 16.5. The van der Waals surface area contributed by atoms with Crippen LogP contribution in [0.2, 0.25) is 0 Å². The second-order valence-corrected chi connectivity index (χ2v) is 5.30. The van der Waals surface area contributed by atoms with E-state index in [1.807, 2.05) is 25.1 Å². The number of aliphatic imine (C=N–C) groups is 1. The molecule has 0 aliphatic heterocycles. The van der Waals surface area contributed by atoms with Crippen molar-refractivity contribution in [2.45, 2.75) is 39.2 Å². The van der Waals surface area contributed by atoms with Gasteiger partial charge in [0.15, 0.2) is 0 Å². The van der Waals surface area contributed by atoms with E-state index in [4.69, 9.17) is 9.73 Å². The van der Waals surface area contributed by atoms with Gasteiger partial charge in [0.05, 0.1) is 7.11 Å². The van der Waals surface area contributed by atoms with Crippen LogP contribution in [0, 0.1) is 5.92 Å². The van der Waals surface area contributed by atoms with Crippen molar-refractivity contribution in [3.63, 3.8) is 0 Å². The maximum absolute atomic E-state index is 9.39. The minimum Gasteiger partial charge on any atom is -0.499 e. The normalized spacial score (nSPS) is 14.6.